The molecule has 1 aliphatic heterocycles. The summed E-state index contributed by atoms with van der Waals surface area (Å²) in [7, 11) is 0. The maximum absolute atomic E-state index is 11.7. The summed E-state index contributed by atoms with van der Waals surface area (Å²) in [6, 6.07) is 3.31. The zero-order chi connectivity index (χ0) is 13.2. The highest BCUT2D eigenvalue weighted by atomic mass is 16.7. The molecule has 0 bridgehead atoms. The van der Waals surface area contributed by atoms with Gasteiger partial charge in [0, 0.05) is 12.1 Å². The molecule has 0 radical (unpaired) electrons. The van der Waals surface area contributed by atoms with Crippen LogP contribution in [-0.4, -0.2) is 25.9 Å². The molecule has 1 amide bonds. The SMILES string of the molecule is Nc1cc2c(cc1NC(=O)COCC1CC1)OCO2. The van der Waals surface area contributed by atoms with E-state index in [1.807, 2.05) is 0 Å². The van der Waals surface area contributed by atoms with E-state index < -0.39 is 0 Å². The van der Waals surface area contributed by atoms with Crippen LogP contribution in [0.4, 0.5) is 11.4 Å². The molecule has 19 heavy (non-hydrogen) atoms. The van der Waals surface area contributed by atoms with Gasteiger partial charge in [0.25, 0.3) is 0 Å². The first-order valence-corrected chi connectivity index (χ1v) is 6.29. The van der Waals surface area contributed by atoms with Crippen molar-refractivity contribution in [1.29, 1.82) is 0 Å². The van der Waals surface area contributed by atoms with Crippen LogP contribution < -0.4 is 20.5 Å². The molecule has 0 atom stereocenters. The van der Waals surface area contributed by atoms with Crippen molar-refractivity contribution in [2.45, 2.75) is 12.8 Å². The summed E-state index contributed by atoms with van der Waals surface area (Å²) in [5.74, 6) is 1.61. The second kappa shape index (κ2) is 4.97. The van der Waals surface area contributed by atoms with Crippen molar-refractivity contribution in [3.63, 3.8) is 0 Å². The van der Waals surface area contributed by atoms with E-state index >= 15 is 0 Å². The number of rotatable bonds is 5. The minimum absolute atomic E-state index is 0.0460. The van der Waals surface area contributed by atoms with E-state index in [0.29, 0.717) is 35.4 Å². The lowest BCUT2D eigenvalue weighted by Crippen LogP contribution is -2.19. The molecule has 1 aromatic carbocycles. The Morgan fingerprint density at radius 3 is 2.84 bits per heavy atom. The zero-order valence-electron chi connectivity index (χ0n) is 10.5. The minimum atomic E-state index is -0.216. The lowest BCUT2D eigenvalue weighted by molar-refractivity contribution is -0.120. The van der Waals surface area contributed by atoms with Crippen molar-refractivity contribution >= 4 is 17.3 Å². The number of anilines is 2. The number of carbonyl (C=O) groups is 1. The number of benzene rings is 1. The van der Waals surface area contributed by atoms with Crippen LogP contribution in [0.15, 0.2) is 12.1 Å². The van der Waals surface area contributed by atoms with Gasteiger partial charge in [0.15, 0.2) is 11.5 Å². The van der Waals surface area contributed by atoms with Crippen LogP contribution in [-0.2, 0) is 9.53 Å². The first-order chi connectivity index (χ1) is 9.22. The van der Waals surface area contributed by atoms with Crippen LogP contribution in [0.3, 0.4) is 0 Å². The molecule has 0 aromatic heterocycles. The molecule has 1 saturated carbocycles. The topological polar surface area (TPSA) is 82.8 Å². The standard InChI is InChI=1S/C13H16N2O4/c14-9-3-11-12(19-7-18-11)4-10(9)15-13(16)6-17-5-8-1-2-8/h3-4,8H,1-2,5-7,14H2,(H,15,16). The lowest BCUT2D eigenvalue weighted by Gasteiger charge is -2.09. The Kier molecular flexibility index (Phi) is 3.16. The summed E-state index contributed by atoms with van der Waals surface area (Å²) in [5, 5.41) is 2.71. The van der Waals surface area contributed by atoms with E-state index in [1.54, 1.807) is 12.1 Å². The van der Waals surface area contributed by atoms with Gasteiger partial charge in [0.2, 0.25) is 12.7 Å². The van der Waals surface area contributed by atoms with Crippen LogP contribution in [0, 0.1) is 5.92 Å². The molecule has 2 aliphatic rings. The molecule has 1 aliphatic carbocycles. The van der Waals surface area contributed by atoms with Gasteiger partial charge in [-0.2, -0.15) is 0 Å². The third-order valence-corrected chi connectivity index (χ3v) is 3.10. The van der Waals surface area contributed by atoms with E-state index in [9.17, 15) is 4.79 Å². The van der Waals surface area contributed by atoms with Gasteiger partial charge in [-0.1, -0.05) is 0 Å². The van der Waals surface area contributed by atoms with Gasteiger partial charge < -0.3 is 25.3 Å². The third kappa shape index (κ3) is 2.90. The van der Waals surface area contributed by atoms with E-state index in [2.05, 4.69) is 5.32 Å². The molecular formula is C13H16N2O4. The molecule has 1 fully saturated rings. The molecule has 6 nitrogen and oxygen atoms in total. The fourth-order valence-corrected chi connectivity index (χ4v) is 1.86. The molecule has 6 heteroatoms. The summed E-state index contributed by atoms with van der Waals surface area (Å²) >= 11 is 0. The maximum atomic E-state index is 11.7. The summed E-state index contributed by atoms with van der Waals surface area (Å²) in [4.78, 5) is 11.7. The summed E-state index contributed by atoms with van der Waals surface area (Å²) in [6.07, 6.45) is 2.41. The van der Waals surface area contributed by atoms with Crippen LogP contribution in [0.5, 0.6) is 11.5 Å². The van der Waals surface area contributed by atoms with E-state index in [-0.39, 0.29) is 19.3 Å². The fraction of sp³-hybridized carbons (Fsp3) is 0.462. The van der Waals surface area contributed by atoms with Crippen molar-refractivity contribution in [2.75, 3.05) is 31.1 Å². The summed E-state index contributed by atoms with van der Waals surface area (Å²) < 4.78 is 15.7. The van der Waals surface area contributed by atoms with Gasteiger partial charge in [-0.15, -0.1) is 0 Å². The highest BCUT2D eigenvalue weighted by molar-refractivity contribution is 5.95. The first kappa shape index (κ1) is 12.1. The number of hydrogen-bond acceptors (Lipinski definition) is 5. The molecule has 3 rings (SSSR count). The number of carbonyl (C=O) groups excluding carboxylic acids is 1. The van der Waals surface area contributed by atoms with Crippen LogP contribution in [0.2, 0.25) is 0 Å². The van der Waals surface area contributed by atoms with Crippen LogP contribution in [0.1, 0.15) is 12.8 Å². The Bertz CT molecular complexity index is 500. The fourth-order valence-electron chi connectivity index (χ4n) is 1.86. The number of ether oxygens (including phenoxy) is 3. The van der Waals surface area contributed by atoms with Crippen LogP contribution in [0.25, 0.3) is 0 Å². The Morgan fingerprint density at radius 2 is 2.11 bits per heavy atom. The Hall–Kier alpha value is -1.95. The summed E-state index contributed by atoms with van der Waals surface area (Å²) in [5.41, 5.74) is 6.80. The highest BCUT2D eigenvalue weighted by Gasteiger charge is 2.22. The van der Waals surface area contributed by atoms with Crippen molar-refractivity contribution in [2.24, 2.45) is 5.92 Å². The zero-order valence-corrected chi connectivity index (χ0v) is 10.5. The molecule has 1 aromatic rings. The second-order valence-corrected chi connectivity index (χ2v) is 4.80. The molecule has 0 spiro atoms. The number of nitrogen functional groups attached to an aromatic ring is 1. The molecule has 3 N–H and O–H groups in total. The molecular weight excluding hydrogens is 248 g/mol. The summed E-state index contributed by atoms with van der Waals surface area (Å²) in [6.45, 7) is 0.880. The average molecular weight is 264 g/mol. The quantitative estimate of drug-likeness (QED) is 0.785. The van der Waals surface area contributed by atoms with Crippen molar-refractivity contribution in [1.82, 2.24) is 0 Å². The monoisotopic (exact) mass is 264 g/mol. The Balaban J connectivity index is 1.57. The normalized spacial score (nSPS) is 16.4. The van der Waals surface area contributed by atoms with Crippen LogP contribution >= 0.6 is 0 Å². The first-order valence-electron chi connectivity index (χ1n) is 6.29. The number of nitrogens with one attached hydrogen (secondary N) is 1. The van der Waals surface area contributed by atoms with Gasteiger partial charge in [-0.3, -0.25) is 4.79 Å². The van der Waals surface area contributed by atoms with E-state index in [4.69, 9.17) is 19.9 Å². The van der Waals surface area contributed by atoms with E-state index in [1.165, 1.54) is 12.8 Å². The predicted octanol–water partition coefficient (Wildman–Crippen LogP) is 1.36. The highest BCUT2D eigenvalue weighted by Crippen LogP contribution is 2.38. The average Bonchev–Trinajstić information content (AvgIpc) is 3.08. The van der Waals surface area contributed by atoms with Gasteiger partial charge in [0.1, 0.15) is 6.61 Å². The number of fused-ring (bicyclic) bond motifs is 1. The van der Waals surface area contributed by atoms with E-state index in [0.717, 1.165) is 0 Å². The smallest absolute Gasteiger partial charge is 0.250 e. The number of hydrogen-bond donors (Lipinski definition) is 2. The number of nitrogens with two attached hydrogens (primary N) is 1. The molecule has 102 valence electrons. The second-order valence-electron chi connectivity index (χ2n) is 4.80. The largest absolute Gasteiger partial charge is 0.454 e. The van der Waals surface area contributed by atoms with Crippen molar-refractivity contribution < 1.29 is 19.0 Å². The van der Waals surface area contributed by atoms with Crippen molar-refractivity contribution in [3.8, 4) is 11.5 Å². The number of amides is 1. The third-order valence-electron chi connectivity index (χ3n) is 3.10. The van der Waals surface area contributed by atoms with Gasteiger partial charge in [0.05, 0.1) is 18.0 Å². The minimum Gasteiger partial charge on any atom is -0.454 e. The lowest BCUT2D eigenvalue weighted by atomic mass is 10.2. The Morgan fingerprint density at radius 1 is 1.37 bits per heavy atom. The predicted molar refractivity (Wildman–Crippen MR) is 69.2 cm³/mol. The van der Waals surface area contributed by atoms with Gasteiger partial charge >= 0.3 is 0 Å². The van der Waals surface area contributed by atoms with Gasteiger partial charge in [-0.05, 0) is 18.8 Å². The van der Waals surface area contributed by atoms with Gasteiger partial charge in [-0.25, -0.2) is 0 Å². The maximum Gasteiger partial charge on any atom is 0.250 e. The molecule has 1 heterocycles. The Labute approximate surface area is 110 Å². The van der Waals surface area contributed by atoms with Crippen molar-refractivity contribution in [3.05, 3.63) is 12.1 Å². The molecule has 0 unspecified atom stereocenters. The molecule has 0 saturated heterocycles.